The summed E-state index contributed by atoms with van der Waals surface area (Å²) in [4.78, 5) is 13.4. The maximum absolute atomic E-state index is 11.1. The number of likely N-dealkylation sites (tertiary alicyclic amines) is 1. The molecule has 2 fully saturated rings. The highest BCUT2D eigenvalue weighted by Gasteiger charge is 2.55. The molecule has 0 aromatic carbocycles. The molecule has 0 spiro atoms. The van der Waals surface area contributed by atoms with Crippen molar-refractivity contribution in [3.05, 3.63) is 0 Å². The maximum Gasteiger partial charge on any atom is 0.219 e. The number of nitrogens with zero attached hydrogens (tertiary/aromatic N) is 1. The van der Waals surface area contributed by atoms with Crippen LogP contribution in [0.1, 0.15) is 13.3 Å². The quantitative estimate of drug-likeness (QED) is 0.633. The number of amides is 1. The lowest BCUT2D eigenvalue weighted by Gasteiger charge is -2.13. The van der Waals surface area contributed by atoms with Crippen molar-refractivity contribution in [1.82, 2.24) is 10.2 Å². The van der Waals surface area contributed by atoms with Crippen LogP contribution in [0.3, 0.4) is 0 Å². The van der Waals surface area contributed by atoms with Crippen LogP contribution in [0.25, 0.3) is 0 Å². The zero-order valence-corrected chi connectivity index (χ0v) is 7.71. The second kappa shape index (κ2) is 2.73. The van der Waals surface area contributed by atoms with Crippen LogP contribution in [0, 0.1) is 11.8 Å². The molecule has 3 heteroatoms. The summed E-state index contributed by atoms with van der Waals surface area (Å²) in [6.45, 7) is 4.23. The lowest BCUT2D eigenvalue weighted by atomic mass is 10.3. The number of nitrogens with one attached hydrogen (secondary N) is 1. The van der Waals surface area contributed by atoms with E-state index in [1.54, 1.807) is 0 Å². The SMILES string of the molecule is CCC(=O)NC1[C@H]2CN(C)C[C@@H]12. The van der Waals surface area contributed by atoms with Crippen LogP contribution in [0.2, 0.25) is 0 Å². The van der Waals surface area contributed by atoms with Gasteiger partial charge in [0.05, 0.1) is 0 Å². The van der Waals surface area contributed by atoms with E-state index in [2.05, 4.69) is 17.3 Å². The van der Waals surface area contributed by atoms with E-state index in [0.717, 1.165) is 11.8 Å². The molecule has 12 heavy (non-hydrogen) atoms. The molecule has 1 amide bonds. The normalized spacial score (nSPS) is 39.3. The Morgan fingerprint density at radius 1 is 1.50 bits per heavy atom. The van der Waals surface area contributed by atoms with Gasteiger partial charge in [-0.3, -0.25) is 4.79 Å². The van der Waals surface area contributed by atoms with Crippen LogP contribution in [-0.2, 0) is 4.79 Å². The minimum Gasteiger partial charge on any atom is -0.353 e. The fourth-order valence-electron chi connectivity index (χ4n) is 2.24. The zero-order chi connectivity index (χ0) is 8.72. The second-order valence-electron chi connectivity index (χ2n) is 4.00. The molecular weight excluding hydrogens is 152 g/mol. The van der Waals surface area contributed by atoms with Gasteiger partial charge < -0.3 is 10.2 Å². The molecule has 1 heterocycles. The van der Waals surface area contributed by atoms with E-state index in [4.69, 9.17) is 0 Å². The van der Waals surface area contributed by atoms with E-state index < -0.39 is 0 Å². The van der Waals surface area contributed by atoms with Crippen molar-refractivity contribution in [2.45, 2.75) is 19.4 Å². The van der Waals surface area contributed by atoms with Gasteiger partial charge in [0.1, 0.15) is 0 Å². The third-order valence-corrected chi connectivity index (χ3v) is 3.03. The number of carbonyl (C=O) groups is 1. The topological polar surface area (TPSA) is 32.3 Å². The first-order valence-corrected chi connectivity index (χ1v) is 4.70. The Balaban J connectivity index is 1.79. The van der Waals surface area contributed by atoms with E-state index in [1.165, 1.54) is 13.1 Å². The summed E-state index contributed by atoms with van der Waals surface area (Å²) >= 11 is 0. The fourth-order valence-corrected chi connectivity index (χ4v) is 2.24. The monoisotopic (exact) mass is 168 g/mol. The van der Waals surface area contributed by atoms with Crippen molar-refractivity contribution in [3.63, 3.8) is 0 Å². The van der Waals surface area contributed by atoms with Crippen LogP contribution < -0.4 is 5.32 Å². The summed E-state index contributed by atoms with van der Waals surface area (Å²) in [7, 11) is 2.14. The predicted molar refractivity (Wildman–Crippen MR) is 46.7 cm³/mol. The first-order chi connectivity index (χ1) is 5.72. The molecule has 3 atom stereocenters. The van der Waals surface area contributed by atoms with Gasteiger partial charge in [-0.05, 0) is 18.9 Å². The van der Waals surface area contributed by atoms with Gasteiger partial charge in [0.15, 0.2) is 0 Å². The highest BCUT2D eigenvalue weighted by Crippen LogP contribution is 2.44. The minimum absolute atomic E-state index is 0.206. The van der Waals surface area contributed by atoms with Gasteiger partial charge in [-0.2, -0.15) is 0 Å². The molecule has 0 aromatic heterocycles. The van der Waals surface area contributed by atoms with Crippen molar-refractivity contribution in [3.8, 4) is 0 Å². The minimum atomic E-state index is 0.206. The highest BCUT2D eigenvalue weighted by molar-refractivity contribution is 5.76. The molecule has 1 aliphatic heterocycles. The third kappa shape index (κ3) is 1.22. The molecule has 68 valence electrons. The van der Waals surface area contributed by atoms with Crippen LogP contribution >= 0.6 is 0 Å². The summed E-state index contributed by atoms with van der Waals surface area (Å²) in [5.74, 6) is 1.72. The Bertz CT molecular complexity index is 193. The molecule has 0 radical (unpaired) electrons. The number of hydrogen-bond donors (Lipinski definition) is 1. The van der Waals surface area contributed by atoms with Gasteiger partial charge in [0.25, 0.3) is 0 Å². The molecule has 1 saturated carbocycles. The standard InChI is InChI=1S/C9H16N2O/c1-3-8(12)10-9-6-4-11(2)5-7(6)9/h6-7,9H,3-5H2,1-2H3,(H,10,12)/t6-,7+,9?. The van der Waals surface area contributed by atoms with Crippen LogP contribution in [0.5, 0.6) is 0 Å². The van der Waals surface area contributed by atoms with Gasteiger partial charge in [0, 0.05) is 25.6 Å². The molecule has 0 bridgehead atoms. The second-order valence-corrected chi connectivity index (χ2v) is 4.00. The number of rotatable bonds is 2. The summed E-state index contributed by atoms with van der Waals surface area (Å²) in [6, 6.07) is 0.508. The van der Waals surface area contributed by atoms with E-state index in [1.807, 2.05) is 6.92 Å². The van der Waals surface area contributed by atoms with Crippen LogP contribution in [0.15, 0.2) is 0 Å². The van der Waals surface area contributed by atoms with Gasteiger partial charge >= 0.3 is 0 Å². The number of hydrogen-bond acceptors (Lipinski definition) is 2. The zero-order valence-electron chi connectivity index (χ0n) is 7.71. The molecule has 0 aromatic rings. The molecule has 2 aliphatic rings. The van der Waals surface area contributed by atoms with Crippen molar-refractivity contribution in [2.75, 3.05) is 20.1 Å². The fraction of sp³-hybridized carbons (Fsp3) is 0.889. The van der Waals surface area contributed by atoms with Crippen molar-refractivity contribution in [1.29, 1.82) is 0 Å². The Morgan fingerprint density at radius 2 is 2.08 bits per heavy atom. The van der Waals surface area contributed by atoms with E-state index in [0.29, 0.717) is 12.5 Å². The Hall–Kier alpha value is -0.570. The largest absolute Gasteiger partial charge is 0.353 e. The number of piperidine rings is 1. The van der Waals surface area contributed by atoms with Crippen molar-refractivity contribution in [2.24, 2.45) is 11.8 Å². The lowest BCUT2D eigenvalue weighted by Crippen LogP contribution is -2.32. The highest BCUT2D eigenvalue weighted by atomic mass is 16.1. The molecule has 2 rings (SSSR count). The molecule has 1 unspecified atom stereocenters. The predicted octanol–water partition coefficient (Wildman–Crippen LogP) is 0.0726. The molecule has 1 saturated heterocycles. The van der Waals surface area contributed by atoms with Gasteiger partial charge in [0.2, 0.25) is 5.91 Å². The first-order valence-electron chi connectivity index (χ1n) is 4.70. The molecule has 1 N–H and O–H groups in total. The lowest BCUT2D eigenvalue weighted by molar-refractivity contribution is -0.121. The van der Waals surface area contributed by atoms with Crippen LogP contribution in [-0.4, -0.2) is 37.0 Å². The molecular formula is C9H16N2O. The molecule has 1 aliphatic carbocycles. The average molecular weight is 168 g/mol. The summed E-state index contributed by atoms with van der Waals surface area (Å²) in [5, 5.41) is 3.06. The van der Waals surface area contributed by atoms with E-state index in [9.17, 15) is 4.79 Å². The summed E-state index contributed by atoms with van der Waals surface area (Å²) in [6.07, 6.45) is 0.617. The average Bonchev–Trinajstić information content (AvgIpc) is 2.51. The van der Waals surface area contributed by atoms with E-state index in [-0.39, 0.29) is 5.91 Å². The summed E-state index contributed by atoms with van der Waals surface area (Å²) in [5.41, 5.74) is 0. The van der Waals surface area contributed by atoms with Gasteiger partial charge in [-0.25, -0.2) is 0 Å². The summed E-state index contributed by atoms with van der Waals surface area (Å²) < 4.78 is 0. The van der Waals surface area contributed by atoms with Gasteiger partial charge in [-0.15, -0.1) is 0 Å². The smallest absolute Gasteiger partial charge is 0.219 e. The van der Waals surface area contributed by atoms with E-state index >= 15 is 0 Å². The van der Waals surface area contributed by atoms with Crippen LogP contribution in [0.4, 0.5) is 0 Å². The third-order valence-electron chi connectivity index (χ3n) is 3.03. The van der Waals surface area contributed by atoms with Crippen molar-refractivity contribution >= 4 is 5.91 Å². The first kappa shape index (κ1) is 8.05. The Kier molecular flexibility index (Phi) is 1.83. The Labute approximate surface area is 73.1 Å². The number of carbonyl (C=O) groups excluding carboxylic acids is 1. The number of fused-ring (bicyclic) bond motifs is 1. The van der Waals surface area contributed by atoms with Crippen molar-refractivity contribution < 1.29 is 4.79 Å². The maximum atomic E-state index is 11.1. The Morgan fingerprint density at radius 3 is 2.58 bits per heavy atom. The van der Waals surface area contributed by atoms with Gasteiger partial charge in [-0.1, -0.05) is 6.92 Å². The molecule has 3 nitrogen and oxygen atoms in total.